The maximum Gasteiger partial charge on any atom is 0.0868 e. The van der Waals surface area contributed by atoms with E-state index in [-0.39, 0.29) is 34.6 Å². The molecule has 23 heavy (non-hydrogen) atoms. The monoisotopic (exact) mass is 320 g/mol. The normalized spacial score (nSPS) is 51.9. The van der Waals surface area contributed by atoms with Gasteiger partial charge in [-0.2, -0.15) is 0 Å². The molecule has 3 nitrogen and oxygen atoms in total. The molecule has 1 saturated carbocycles. The molecule has 0 aromatic carbocycles. The minimum Gasteiger partial charge on any atom is -0.393 e. The third-order valence-corrected chi connectivity index (χ3v) is 8.25. The van der Waals surface area contributed by atoms with Gasteiger partial charge in [-0.25, -0.2) is 0 Å². The minimum atomic E-state index is -0.323. The Labute approximate surface area is 140 Å². The Morgan fingerprint density at radius 1 is 0.957 bits per heavy atom. The van der Waals surface area contributed by atoms with Gasteiger partial charge in [0.2, 0.25) is 0 Å². The van der Waals surface area contributed by atoms with Gasteiger partial charge in [0, 0.05) is 5.41 Å². The number of allylic oxidation sites excluding steroid dienone is 1. The van der Waals surface area contributed by atoms with E-state index in [1.165, 1.54) is 5.57 Å². The van der Waals surface area contributed by atoms with E-state index < -0.39 is 0 Å². The Balaban J connectivity index is 1.77. The molecule has 3 heteroatoms. The van der Waals surface area contributed by atoms with Gasteiger partial charge in [-0.05, 0) is 60.8 Å². The molecule has 3 aliphatic carbocycles. The van der Waals surface area contributed by atoms with Gasteiger partial charge in [0.25, 0.3) is 0 Å². The fourth-order valence-corrected chi connectivity index (χ4v) is 6.57. The Morgan fingerprint density at radius 2 is 1.70 bits per heavy atom. The van der Waals surface area contributed by atoms with Crippen molar-refractivity contribution in [3.8, 4) is 0 Å². The van der Waals surface area contributed by atoms with E-state index >= 15 is 0 Å². The summed E-state index contributed by atoms with van der Waals surface area (Å²) in [6.45, 7) is 9.65. The van der Waals surface area contributed by atoms with Crippen LogP contribution >= 0.6 is 0 Å². The summed E-state index contributed by atoms with van der Waals surface area (Å²) in [6, 6.07) is 0. The number of aliphatic hydroxyl groups excluding tert-OH is 2. The number of ether oxygens (including phenoxy) is 1. The first-order chi connectivity index (χ1) is 10.7. The molecule has 6 atom stereocenters. The average molecular weight is 320 g/mol. The third kappa shape index (κ3) is 1.93. The second-order valence-corrected chi connectivity index (χ2v) is 9.62. The molecule has 4 aliphatic rings. The molecule has 0 spiro atoms. The third-order valence-electron chi connectivity index (χ3n) is 8.25. The van der Waals surface area contributed by atoms with Gasteiger partial charge < -0.3 is 14.9 Å². The van der Waals surface area contributed by atoms with Gasteiger partial charge in [0.15, 0.2) is 0 Å². The molecule has 0 aromatic heterocycles. The van der Waals surface area contributed by atoms with Crippen molar-refractivity contribution in [2.24, 2.45) is 22.2 Å². The van der Waals surface area contributed by atoms with Crippen molar-refractivity contribution in [3.63, 3.8) is 0 Å². The number of rotatable bonds is 0. The molecular formula is C20H32O3. The van der Waals surface area contributed by atoms with Crippen molar-refractivity contribution in [2.45, 2.75) is 84.5 Å². The fraction of sp³-hybridized carbons (Fsp3) is 0.900. The first kappa shape index (κ1) is 16.1. The summed E-state index contributed by atoms with van der Waals surface area (Å²) in [6.07, 6.45) is 5.97. The molecule has 2 N–H and O–H groups in total. The lowest BCUT2D eigenvalue weighted by molar-refractivity contribution is -0.0948. The number of fused-ring (bicyclic) bond motifs is 4. The molecule has 0 radical (unpaired) electrons. The highest BCUT2D eigenvalue weighted by molar-refractivity contribution is 5.36. The van der Waals surface area contributed by atoms with E-state index in [2.05, 4.69) is 27.7 Å². The zero-order valence-electron chi connectivity index (χ0n) is 15.1. The maximum absolute atomic E-state index is 10.5. The van der Waals surface area contributed by atoms with Crippen LogP contribution in [0.15, 0.2) is 11.1 Å². The van der Waals surface area contributed by atoms with Crippen LogP contribution in [-0.2, 0) is 4.74 Å². The van der Waals surface area contributed by atoms with E-state index in [4.69, 9.17) is 4.74 Å². The van der Waals surface area contributed by atoms with Crippen LogP contribution < -0.4 is 0 Å². The molecule has 2 fully saturated rings. The highest BCUT2D eigenvalue weighted by atomic mass is 16.5. The predicted molar refractivity (Wildman–Crippen MR) is 90.0 cm³/mol. The molecule has 4 rings (SSSR count). The van der Waals surface area contributed by atoms with E-state index in [0.29, 0.717) is 12.5 Å². The number of hydrogen-bond donors (Lipinski definition) is 2. The second kappa shape index (κ2) is 4.83. The van der Waals surface area contributed by atoms with Crippen molar-refractivity contribution >= 4 is 0 Å². The van der Waals surface area contributed by atoms with E-state index in [9.17, 15) is 10.2 Å². The van der Waals surface area contributed by atoms with Crippen LogP contribution in [0.5, 0.6) is 0 Å². The van der Waals surface area contributed by atoms with Crippen molar-refractivity contribution < 1.29 is 14.9 Å². The molecule has 130 valence electrons. The molecule has 0 bridgehead atoms. The predicted octanol–water partition coefficient (Wildman–Crippen LogP) is 3.44. The molecule has 1 aliphatic heterocycles. The highest BCUT2D eigenvalue weighted by Crippen LogP contribution is 2.64. The van der Waals surface area contributed by atoms with Crippen LogP contribution in [-0.4, -0.2) is 35.1 Å². The molecule has 0 unspecified atom stereocenters. The van der Waals surface area contributed by atoms with Crippen molar-refractivity contribution in [2.75, 3.05) is 6.61 Å². The van der Waals surface area contributed by atoms with Crippen LogP contribution in [0.2, 0.25) is 0 Å². The molecule has 1 saturated heterocycles. The summed E-state index contributed by atoms with van der Waals surface area (Å²) in [5, 5.41) is 20.9. The number of aliphatic hydroxyl groups is 2. The smallest absolute Gasteiger partial charge is 0.0868 e. The highest BCUT2D eigenvalue weighted by Gasteiger charge is 2.59. The Hall–Kier alpha value is -0.380. The lowest BCUT2D eigenvalue weighted by Gasteiger charge is -2.59. The van der Waals surface area contributed by atoms with Crippen LogP contribution in [0.1, 0.15) is 66.2 Å². The van der Waals surface area contributed by atoms with Crippen LogP contribution in [0.25, 0.3) is 0 Å². The Morgan fingerprint density at radius 3 is 2.43 bits per heavy atom. The summed E-state index contributed by atoms with van der Waals surface area (Å²) in [4.78, 5) is 0. The topological polar surface area (TPSA) is 49.7 Å². The largest absolute Gasteiger partial charge is 0.393 e. The van der Waals surface area contributed by atoms with E-state index in [0.717, 1.165) is 38.5 Å². The van der Waals surface area contributed by atoms with Crippen LogP contribution in [0.4, 0.5) is 0 Å². The first-order valence-corrected chi connectivity index (χ1v) is 9.41. The molecule has 1 heterocycles. The second-order valence-electron chi connectivity index (χ2n) is 9.62. The molecule has 0 aromatic rings. The van der Waals surface area contributed by atoms with E-state index in [1.807, 2.05) is 0 Å². The van der Waals surface area contributed by atoms with E-state index in [1.54, 1.807) is 5.57 Å². The quantitative estimate of drug-likeness (QED) is 0.672. The van der Waals surface area contributed by atoms with Gasteiger partial charge >= 0.3 is 0 Å². The first-order valence-electron chi connectivity index (χ1n) is 9.41. The maximum atomic E-state index is 10.5. The van der Waals surface area contributed by atoms with Crippen LogP contribution in [0.3, 0.4) is 0 Å². The summed E-state index contributed by atoms with van der Waals surface area (Å²) in [5.41, 5.74) is 3.22. The SMILES string of the molecule is CC1(C)[C@H](O)CC[C@@]2(C)C3=C(CC[C@H]12)[C@H]1OC[C@H](O)[C@@]1(C)CC3. The minimum absolute atomic E-state index is 0.0116. The van der Waals surface area contributed by atoms with Gasteiger partial charge in [-0.15, -0.1) is 0 Å². The Kier molecular flexibility index (Phi) is 3.38. The van der Waals surface area contributed by atoms with Crippen molar-refractivity contribution in [3.05, 3.63) is 11.1 Å². The van der Waals surface area contributed by atoms with Gasteiger partial charge in [-0.3, -0.25) is 0 Å². The van der Waals surface area contributed by atoms with Crippen molar-refractivity contribution in [1.29, 1.82) is 0 Å². The lowest BCUT2D eigenvalue weighted by atomic mass is 9.47. The average Bonchev–Trinajstić information content (AvgIpc) is 2.79. The fourth-order valence-electron chi connectivity index (χ4n) is 6.57. The molecule has 0 amide bonds. The standard InChI is InChI=1S/C20H32O3/c1-18(2)14-6-5-12-13(19(14,3)10-8-15(18)21)7-9-20(4)16(22)11-23-17(12)20/h14-17,21-22H,5-11H2,1-4H3/t14-,15-,16+,17-,19+,20-/m1/s1. The Bertz CT molecular complexity index is 551. The zero-order valence-corrected chi connectivity index (χ0v) is 15.1. The summed E-state index contributed by atoms with van der Waals surface area (Å²) < 4.78 is 6.08. The van der Waals surface area contributed by atoms with Crippen molar-refractivity contribution in [1.82, 2.24) is 0 Å². The summed E-state index contributed by atoms with van der Waals surface area (Å²) in [5.74, 6) is 0.549. The van der Waals surface area contributed by atoms with Gasteiger partial charge in [0.1, 0.15) is 0 Å². The summed E-state index contributed by atoms with van der Waals surface area (Å²) >= 11 is 0. The summed E-state index contributed by atoms with van der Waals surface area (Å²) in [7, 11) is 0. The van der Waals surface area contributed by atoms with Gasteiger partial charge in [-0.1, -0.05) is 33.3 Å². The number of hydrogen-bond acceptors (Lipinski definition) is 3. The van der Waals surface area contributed by atoms with Crippen LogP contribution in [0, 0.1) is 22.2 Å². The van der Waals surface area contributed by atoms with Gasteiger partial charge in [0.05, 0.1) is 24.9 Å². The lowest BCUT2D eigenvalue weighted by Crippen LogP contribution is -2.54. The molecular weight excluding hydrogens is 288 g/mol. The zero-order chi connectivity index (χ0) is 16.6.